The maximum atomic E-state index is 5.51. The van der Waals surface area contributed by atoms with E-state index in [4.69, 9.17) is 12.2 Å². The van der Waals surface area contributed by atoms with Crippen molar-refractivity contribution >= 4 is 24.0 Å². The Hall–Kier alpha value is -1.00. The van der Waals surface area contributed by atoms with Gasteiger partial charge in [-0.15, -0.1) is 0 Å². The molecule has 2 unspecified atom stereocenters. The number of hydrogen-bond acceptors (Lipinski definition) is 2. The summed E-state index contributed by atoms with van der Waals surface area (Å²) in [5, 5.41) is 0.797. The SMILES string of the molecule is CCSC1CCC(n2c(-c3ccccc3)c[nH]c2=S)C1. The molecule has 2 atom stereocenters. The molecule has 0 spiro atoms. The lowest BCUT2D eigenvalue weighted by atomic mass is 10.1. The number of rotatable bonds is 4. The molecule has 2 nitrogen and oxygen atoms in total. The van der Waals surface area contributed by atoms with E-state index in [1.54, 1.807) is 0 Å². The summed E-state index contributed by atoms with van der Waals surface area (Å²) in [6.07, 6.45) is 5.84. The van der Waals surface area contributed by atoms with Gasteiger partial charge < -0.3 is 9.55 Å². The molecule has 0 saturated heterocycles. The molecule has 2 aromatic rings. The molecule has 1 aromatic heterocycles. The largest absolute Gasteiger partial charge is 0.337 e. The van der Waals surface area contributed by atoms with Gasteiger partial charge in [0.1, 0.15) is 0 Å². The second-order valence-electron chi connectivity index (χ2n) is 5.26. The second kappa shape index (κ2) is 6.19. The van der Waals surface area contributed by atoms with Crippen LogP contribution in [0.15, 0.2) is 36.5 Å². The molecule has 1 heterocycles. The fourth-order valence-corrected chi connectivity index (χ4v) is 4.55. The molecule has 1 N–H and O–H groups in total. The average Bonchev–Trinajstić information content (AvgIpc) is 3.07. The van der Waals surface area contributed by atoms with Gasteiger partial charge in [-0.05, 0) is 42.8 Å². The minimum Gasteiger partial charge on any atom is -0.337 e. The predicted molar refractivity (Wildman–Crippen MR) is 89.9 cm³/mol. The van der Waals surface area contributed by atoms with E-state index in [1.165, 1.54) is 36.3 Å². The Kier molecular flexibility index (Phi) is 4.32. The third-order valence-electron chi connectivity index (χ3n) is 4.00. The molecule has 4 heteroatoms. The van der Waals surface area contributed by atoms with Crippen LogP contribution in [0.3, 0.4) is 0 Å². The Labute approximate surface area is 129 Å². The number of H-pyrrole nitrogens is 1. The summed E-state index contributed by atoms with van der Waals surface area (Å²) in [5.74, 6) is 1.21. The van der Waals surface area contributed by atoms with Crippen LogP contribution in [-0.4, -0.2) is 20.6 Å². The summed E-state index contributed by atoms with van der Waals surface area (Å²) in [6, 6.07) is 11.1. The van der Waals surface area contributed by atoms with Crippen molar-refractivity contribution in [1.82, 2.24) is 9.55 Å². The quantitative estimate of drug-likeness (QED) is 0.797. The maximum Gasteiger partial charge on any atom is 0.177 e. The zero-order valence-corrected chi connectivity index (χ0v) is 13.3. The highest BCUT2D eigenvalue weighted by atomic mass is 32.2. The van der Waals surface area contributed by atoms with Crippen molar-refractivity contribution in [1.29, 1.82) is 0 Å². The number of aromatic nitrogens is 2. The smallest absolute Gasteiger partial charge is 0.177 e. The molecule has 0 bridgehead atoms. The lowest BCUT2D eigenvalue weighted by Gasteiger charge is -2.16. The van der Waals surface area contributed by atoms with Crippen molar-refractivity contribution in [3.63, 3.8) is 0 Å². The number of aromatic amines is 1. The van der Waals surface area contributed by atoms with Crippen molar-refractivity contribution < 1.29 is 0 Å². The van der Waals surface area contributed by atoms with Gasteiger partial charge in [0.05, 0.1) is 5.69 Å². The minimum absolute atomic E-state index is 0.549. The van der Waals surface area contributed by atoms with Crippen LogP contribution in [0, 0.1) is 4.77 Å². The molecule has 106 valence electrons. The Morgan fingerprint density at radius 1 is 1.30 bits per heavy atom. The number of benzene rings is 1. The van der Waals surface area contributed by atoms with Crippen molar-refractivity contribution in [3.05, 3.63) is 41.3 Å². The van der Waals surface area contributed by atoms with Gasteiger partial charge in [-0.2, -0.15) is 11.8 Å². The zero-order chi connectivity index (χ0) is 13.9. The maximum absolute atomic E-state index is 5.51. The van der Waals surface area contributed by atoms with E-state index in [2.05, 4.69) is 64.8 Å². The third-order valence-corrected chi connectivity index (χ3v) is 5.55. The molecule has 0 aliphatic heterocycles. The van der Waals surface area contributed by atoms with Crippen LogP contribution in [-0.2, 0) is 0 Å². The number of nitrogens with zero attached hydrogens (tertiary/aromatic N) is 1. The van der Waals surface area contributed by atoms with E-state index >= 15 is 0 Å². The fourth-order valence-electron chi connectivity index (χ4n) is 3.11. The minimum atomic E-state index is 0.549. The first-order valence-corrected chi connectivity index (χ1v) is 8.72. The topological polar surface area (TPSA) is 20.7 Å². The number of imidazole rings is 1. The van der Waals surface area contributed by atoms with Gasteiger partial charge in [-0.3, -0.25) is 0 Å². The molecular weight excluding hydrogens is 284 g/mol. The van der Waals surface area contributed by atoms with E-state index in [9.17, 15) is 0 Å². The molecule has 0 amide bonds. The summed E-state index contributed by atoms with van der Waals surface area (Å²) < 4.78 is 3.19. The van der Waals surface area contributed by atoms with Crippen LogP contribution in [0.4, 0.5) is 0 Å². The molecule has 1 aliphatic carbocycles. The Morgan fingerprint density at radius 2 is 2.10 bits per heavy atom. The second-order valence-corrected chi connectivity index (χ2v) is 7.22. The first-order valence-electron chi connectivity index (χ1n) is 7.26. The van der Waals surface area contributed by atoms with Gasteiger partial charge >= 0.3 is 0 Å². The Balaban J connectivity index is 1.91. The lowest BCUT2D eigenvalue weighted by molar-refractivity contribution is 0.518. The highest BCUT2D eigenvalue weighted by molar-refractivity contribution is 7.99. The van der Waals surface area contributed by atoms with Crippen LogP contribution in [0.5, 0.6) is 0 Å². The summed E-state index contributed by atoms with van der Waals surface area (Å²) in [4.78, 5) is 3.23. The molecule has 3 rings (SSSR count). The van der Waals surface area contributed by atoms with Crippen molar-refractivity contribution in [2.75, 3.05) is 5.75 Å². The first-order chi connectivity index (χ1) is 9.79. The summed E-state index contributed by atoms with van der Waals surface area (Å²) in [7, 11) is 0. The first kappa shape index (κ1) is 14.0. The van der Waals surface area contributed by atoms with Gasteiger partial charge in [0, 0.05) is 17.5 Å². The van der Waals surface area contributed by atoms with Crippen LogP contribution in [0.1, 0.15) is 32.2 Å². The van der Waals surface area contributed by atoms with Crippen LogP contribution in [0.25, 0.3) is 11.3 Å². The van der Waals surface area contributed by atoms with Crippen LogP contribution in [0.2, 0.25) is 0 Å². The van der Waals surface area contributed by atoms with E-state index in [1.807, 2.05) is 0 Å². The van der Waals surface area contributed by atoms with Crippen LogP contribution < -0.4 is 0 Å². The van der Waals surface area contributed by atoms with E-state index < -0.39 is 0 Å². The molecule has 1 fully saturated rings. The summed E-state index contributed by atoms with van der Waals surface area (Å²) in [6.45, 7) is 2.25. The highest BCUT2D eigenvalue weighted by Gasteiger charge is 2.27. The van der Waals surface area contributed by atoms with Gasteiger partial charge in [-0.25, -0.2) is 0 Å². The lowest BCUT2D eigenvalue weighted by Crippen LogP contribution is -2.08. The summed E-state index contributed by atoms with van der Waals surface area (Å²) in [5.41, 5.74) is 2.47. The third kappa shape index (κ3) is 2.72. The normalized spacial score (nSPS) is 22.2. The standard InChI is InChI=1S/C16H20N2S2/c1-2-20-14-9-8-13(10-14)18-15(11-17-16(18)19)12-6-4-3-5-7-12/h3-7,11,13-14H,2,8-10H2,1H3,(H,17,19). The number of hydrogen-bond donors (Lipinski definition) is 1. The van der Waals surface area contributed by atoms with E-state index in [0.717, 1.165) is 10.0 Å². The fraction of sp³-hybridized carbons (Fsp3) is 0.438. The van der Waals surface area contributed by atoms with Crippen molar-refractivity contribution in [3.8, 4) is 11.3 Å². The van der Waals surface area contributed by atoms with Crippen molar-refractivity contribution in [2.24, 2.45) is 0 Å². The van der Waals surface area contributed by atoms with Gasteiger partial charge in [0.25, 0.3) is 0 Å². The Morgan fingerprint density at radius 3 is 2.85 bits per heavy atom. The van der Waals surface area contributed by atoms with E-state index in [0.29, 0.717) is 6.04 Å². The monoisotopic (exact) mass is 304 g/mol. The zero-order valence-electron chi connectivity index (χ0n) is 11.7. The highest BCUT2D eigenvalue weighted by Crippen LogP contribution is 2.39. The van der Waals surface area contributed by atoms with Crippen molar-refractivity contribution in [2.45, 2.75) is 37.5 Å². The summed E-state index contributed by atoms with van der Waals surface area (Å²) >= 11 is 7.60. The molecule has 20 heavy (non-hydrogen) atoms. The van der Waals surface area contributed by atoms with Gasteiger partial charge in [0.2, 0.25) is 0 Å². The van der Waals surface area contributed by atoms with E-state index in [-0.39, 0.29) is 0 Å². The molecule has 1 saturated carbocycles. The van der Waals surface area contributed by atoms with Gasteiger partial charge in [-0.1, -0.05) is 37.3 Å². The molecule has 0 radical (unpaired) electrons. The Bertz CT molecular complexity index is 615. The predicted octanol–water partition coefficient (Wildman–Crippen LogP) is 5.06. The van der Waals surface area contributed by atoms with Gasteiger partial charge in [0.15, 0.2) is 4.77 Å². The average molecular weight is 304 g/mol. The number of nitrogens with one attached hydrogen (secondary N) is 1. The van der Waals surface area contributed by atoms with Crippen LogP contribution >= 0.6 is 24.0 Å². The molecule has 1 aromatic carbocycles. The molecular formula is C16H20N2S2. The molecule has 1 aliphatic rings. The number of thioether (sulfide) groups is 1.